The second kappa shape index (κ2) is 5.18. The lowest BCUT2D eigenvalue weighted by Crippen LogP contribution is -2.02. The Bertz CT molecular complexity index is 477. The third kappa shape index (κ3) is 2.87. The van der Waals surface area contributed by atoms with Crippen LogP contribution in [0, 0.1) is 0 Å². The van der Waals surface area contributed by atoms with Crippen LogP contribution in [0.5, 0.6) is 0 Å². The van der Waals surface area contributed by atoms with E-state index in [-0.39, 0.29) is 5.97 Å². The van der Waals surface area contributed by atoms with Crippen molar-refractivity contribution in [3.8, 4) is 0 Å². The zero-order valence-electron chi connectivity index (χ0n) is 8.42. The summed E-state index contributed by atoms with van der Waals surface area (Å²) in [5.41, 5.74) is 0.985. The summed E-state index contributed by atoms with van der Waals surface area (Å²) >= 11 is 5.48. The molecule has 1 aromatic carbocycles. The summed E-state index contributed by atoms with van der Waals surface area (Å²) in [6, 6.07) is 11.3. The van der Waals surface area contributed by atoms with Gasteiger partial charge in [-0.15, -0.1) is 24.0 Å². The van der Waals surface area contributed by atoms with Crippen molar-refractivity contribution < 1.29 is 9.53 Å². The Morgan fingerprint density at radius 2 is 2.06 bits per heavy atom. The highest BCUT2D eigenvalue weighted by Gasteiger charge is 2.09. The fourth-order valence-corrected chi connectivity index (χ4v) is 2.27. The number of carbonyl (C=O) groups is 1. The Hall–Kier alpha value is -1.26. The summed E-state index contributed by atoms with van der Waals surface area (Å²) in [6.45, 7) is 0.305. The summed E-state index contributed by atoms with van der Waals surface area (Å²) in [4.78, 5) is 13.0. The van der Waals surface area contributed by atoms with Crippen molar-refractivity contribution in [2.75, 3.05) is 0 Å². The summed E-state index contributed by atoms with van der Waals surface area (Å²) in [6.07, 6.45) is 0. The standard InChI is InChI=1S/C12H10O2S2/c13-12(11-6-10(15)8-16-11)14-7-9-4-2-1-3-5-9/h1-6,8,15H,7H2. The quantitative estimate of drug-likeness (QED) is 0.667. The average molecular weight is 250 g/mol. The number of benzene rings is 1. The van der Waals surface area contributed by atoms with Crippen LogP contribution in [0.25, 0.3) is 0 Å². The second-order valence-corrected chi connectivity index (χ2v) is 4.66. The maximum absolute atomic E-state index is 11.6. The van der Waals surface area contributed by atoms with Crippen LogP contribution in [0.2, 0.25) is 0 Å². The van der Waals surface area contributed by atoms with Gasteiger partial charge >= 0.3 is 5.97 Å². The second-order valence-electron chi connectivity index (χ2n) is 3.23. The summed E-state index contributed by atoms with van der Waals surface area (Å²) < 4.78 is 5.16. The Kier molecular flexibility index (Phi) is 3.64. The first-order chi connectivity index (χ1) is 7.75. The number of thiophene rings is 1. The van der Waals surface area contributed by atoms with Gasteiger partial charge in [0.15, 0.2) is 0 Å². The minimum atomic E-state index is -0.297. The Labute approximate surface area is 103 Å². The van der Waals surface area contributed by atoms with Crippen LogP contribution in [0.3, 0.4) is 0 Å². The van der Waals surface area contributed by atoms with Gasteiger partial charge in [-0.25, -0.2) is 4.79 Å². The number of esters is 1. The number of hydrogen-bond acceptors (Lipinski definition) is 4. The Morgan fingerprint density at radius 3 is 2.69 bits per heavy atom. The molecule has 0 atom stereocenters. The molecule has 0 saturated heterocycles. The van der Waals surface area contributed by atoms with Crippen LogP contribution in [0.15, 0.2) is 46.7 Å². The average Bonchev–Trinajstić information content (AvgIpc) is 2.74. The summed E-state index contributed by atoms with van der Waals surface area (Å²) in [5.74, 6) is -0.297. The highest BCUT2D eigenvalue weighted by atomic mass is 32.1. The van der Waals surface area contributed by atoms with Gasteiger partial charge in [0.1, 0.15) is 11.5 Å². The highest BCUT2D eigenvalue weighted by Crippen LogP contribution is 2.18. The van der Waals surface area contributed by atoms with Crippen molar-refractivity contribution in [2.24, 2.45) is 0 Å². The monoisotopic (exact) mass is 250 g/mol. The van der Waals surface area contributed by atoms with Gasteiger partial charge in [0, 0.05) is 10.3 Å². The predicted octanol–water partition coefficient (Wildman–Crippen LogP) is 3.39. The van der Waals surface area contributed by atoms with Crippen LogP contribution >= 0.6 is 24.0 Å². The first-order valence-corrected chi connectivity index (χ1v) is 6.07. The molecule has 82 valence electrons. The lowest BCUT2D eigenvalue weighted by atomic mass is 10.2. The van der Waals surface area contributed by atoms with Crippen LogP contribution in [0.4, 0.5) is 0 Å². The van der Waals surface area contributed by atoms with Crippen LogP contribution in [-0.4, -0.2) is 5.97 Å². The molecular formula is C12H10O2S2. The fraction of sp³-hybridized carbons (Fsp3) is 0.0833. The van der Waals surface area contributed by atoms with E-state index in [9.17, 15) is 4.79 Å². The van der Waals surface area contributed by atoms with E-state index in [2.05, 4.69) is 12.6 Å². The molecule has 0 N–H and O–H groups in total. The van der Waals surface area contributed by atoms with Crippen molar-refractivity contribution in [1.29, 1.82) is 0 Å². The maximum Gasteiger partial charge on any atom is 0.348 e. The van der Waals surface area contributed by atoms with E-state index in [1.807, 2.05) is 35.7 Å². The number of thiol groups is 1. The van der Waals surface area contributed by atoms with E-state index < -0.39 is 0 Å². The Morgan fingerprint density at radius 1 is 1.31 bits per heavy atom. The lowest BCUT2D eigenvalue weighted by Gasteiger charge is -2.02. The van der Waals surface area contributed by atoms with Crippen LogP contribution in [0.1, 0.15) is 15.2 Å². The normalized spacial score (nSPS) is 10.1. The molecular weight excluding hydrogens is 240 g/mol. The molecule has 0 aliphatic rings. The first kappa shape index (κ1) is 11.2. The van der Waals surface area contributed by atoms with E-state index in [1.54, 1.807) is 6.07 Å². The molecule has 0 saturated carbocycles. The summed E-state index contributed by atoms with van der Waals surface area (Å²) in [5, 5.41) is 1.81. The molecule has 1 heterocycles. The summed E-state index contributed by atoms with van der Waals surface area (Å²) in [7, 11) is 0. The zero-order valence-corrected chi connectivity index (χ0v) is 10.1. The molecule has 0 spiro atoms. The molecule has 0 fully saturated rings. The molecule has 0 aliphatic carbocycles. The molecule has 0 aliphatic heterocycles. The van der Waals surface area contributed by atoms with Gasteiger partial charge in [-0.05, 0) is 11.6 Å². The molecule has 2 aromatic rings. The van der Waals surface area contributed by atoms with E-state index in [1.165, 1.54) is 11.3 Å². The number of carbonyl (C=O) groups excluding carboxylic acids is 1. The molecule has 0 unspecified atom stereocenters. The third-order valence-electron chi connectivity index (χ3n) is 2.00. The van der Waals surface area contributed by atoms with Gasteiger partial charge in [0.2, 0.25) is 0 Å². The zero-order chi connectivity index (χ0) is 11.4. The lowest BCUT2D eigenvalue weighted by molar-refractivity contribution is 0.0478. The Balaban J connectivity index is 1.94. The van der Waals surface area contributed by atoms with Gasteiger partial charge in [0.25, 0.3) is 0 Å². The van der Waals surface area contributed by atoms with Gasteiger partial charge < -0.3 is 4.74 Å². The SMILES string of the molecule is O=C(OCc1ccccc1)c1cc(S)cs1. The van der Waals surface area contributed by atoms with Gasteiger partial charge in [-0.1, -0.05) is 30.3 Å². The topological polar surface area (TPSA) is 26.3 Å². The molecule has 2 nitrogen and oxygen atoms in total. The molecule has 2 rings (SSSR count). The first-order valence-electron chi connectivity index (χ1n) is 4.74. The van der Waals surface area contributed by atoms with Crippen molar-refractivity contribution >= 4 is 29.9 Å². The largest absolute Gasteiger partial charge is 0.457 e. The molecule has 16 heavy (non-hydrogen) atoms. The highest BCUT2D eigenvalue weighted by molar-refractivity contribution is 7.80. The predicted molar refractivity (Wildman–Crippen MR) is 67.1 cm³/mol. The number of ether oxygens (including phenoxy) is 1. The van der Waals surface area contributed by atoms with Crippen molar-refractivity contribution in [1.82, 2.24) is 0 Å². The van der Waals surface area contributed by atoms with Gasteiger partial charge in [-0.2, -0.15) is 0 Å². The van der Waals surface area contributed by atoms with Crippen molar-refractivity contribution in [2.45, 2.75) is 11.5 Å². The van der Waals surface area contributed by atoms with Gasteiger partial charge in [0.05, 0.1) is 0 Å². The van der Waals surface area contributed by atoms with E-state index in [4.69, 9.17) is 4.74 Å². The van der Waals surface area contributed by atoms with E-state index in [0.29, 0.717) is 11.5 Å². The smallest absolute Gasteiger partial charge is 0.348 e. The maximum atomic E-state index is 11.6. The fourth-order valence-electron chi connectivity index (χ4n) is 1.23. The number of rotatable bonds is 3. The molecule has 0 amide bonds. The number of hydrogen-bond donors (Lipinski definition) is 1. The van der Waals surface area contributed by atoms with Crippen LogP contribution in [-0.2, 0) is 11.3 Å². The van der Waals surface area contributed by atoms with E-state index >= 15 is 0 Å². The minimum Gasteiger partial charge on any atom is -0.457 e. The van der Waals surface area contributed by atoms with Crippen LogP contribution < -0.4 is 0 Å². The molecule has 1 aromatic heterocycles. The van der Waals surface area contributed by atoms with Crippen molar-refractivity contribution in [3.63, 3.8) is 0 Å². The van der Waals surface area contributed by atoms with E-state index in [0.717, 1.165) is 10.5 Å². The van der Waals surface area contributed by atoms with Crippen molar-refractivity contribution in [3.05, 3.63) is 52.2 Å². The van der Waals surface area contributed by atoms with Gasteiger partial charge in [-0.3, -0.25) is 0 Å². The minimum absolute atomic E-state index is 0.297. The molecule has 0 radical (unpaired) electrons. The third-order valence-corrected chi connectivity index (χ3v) is 3.34. The molecule has 0 bridgehead atoms. The molecule has 4 heteroatoms.